The highest BCUT2D eigenvalue weighted by Gasteiger charge is 2.32. The molecular formula is C22H28N2O2. The first kappa shape index (κ1) is 18.6. The molecule has 1 saturated heterocycles. The summed E-state index contributed by atoms with van der Waals surface area (Å²) in [4.78, 5) is 16.2. The minimum Gasteiger partial charge on any atom is -0.481 e. The lowest BCUT2D eigenvalue weighted by Gasteiger charge is -2.41. The van der Waals surface area contributed by atoms with Gasteiger partial charge in [-0.1, -0.05) is 60.7 Å². The molecule has 3 rings (SSSR count). The van der Waals surface area contributed by atoms with E-state index in [9.17, 15) is 9.90 Å². The van der Waals surface area contributed by atoms with E-state index in [4.69, 9.17) is 0 Å². The Morgan fingerprint density at radius 1 is 0.923 bits per heavy atom. The number of hydrogen-bond donors (Lipinski definition) is 1. The summed E-state index contributed by atoms with van der Waals surface area (Å²) in [7, 11) is 0. The fourth-order valence-corrected chi connectivity index (χ4v) is 3.69. The first-order valence-corrected chi connectivity index (χ1v) is 9.27. The van der Waals surface area contributed by atoms with E-state index in [0.717, 1.165) is 26.2 Å². The Bertz CT molecular complexity index is 668. The molecule has 2 aromatic rings. The summed E-state index contributed by atoms with van der Waals surface area (Å²) in [5.74, 6) is -0.730. The lowest BCUT2D eigenvalue weighted by molar-refractivity contribution is -0.148. The molecule has 4 nitrogen and oxygen atoms in total. The predicted molar refractivity (Wildman–Crippen MR) is 104 cm³/mol. The minimum absolute atomic E-state index is 0.243. The van der Waals surface area contributed by atoms with Crippen LogP contribution in [0, 0.1) is 5.41 Å². The van der Waals surface area contributed by atoms with Gasteiger partial charge in [0.05, 0.1) is 11.5 Å². The quantitative estimate of drug-likeness (QED) is 0.864. The topological polar surface area (TPSA) is 43.8 Å². The van der Waals surface area contributed by atoms with Crippen LogP contribution >= 0.6 is 0 Å². The van der Waals surface area contributed by atoms with E-state index in [0.29, 0.717) is 6.54 Å². The molecule has 0 radical (unpaired) electrons. The van der Waals surface area contributed by atoms with Crippen molar-refractivity contribution in [2.24, 2.45) is 5.41 Å². The van der Waals surface area contributed by atoms with E-state index in [-0.39, 0.29) is 6.04 Å². The van der Waals surface area contributed by atoms with Crippen molar-refractivity contribution in [1.29, 1.82) is 0 Å². The third-order valence-corrected chi connectivity index (χ3v) is 5.20. The van der Waals surface area contributed by atoms with Crippen molar-refractivity contribution in [2.75, 3.05) is 32.7 Å². The van der Waals surface area contributed by atoms with Gasteiger partial charge in [0.25, 0.3) is 0 Å². The highest BCUT2D eigenvalue weighted by molar-refractivity contribution is 5.73. The van der Waals surface area contributed by atoms with Crippen LogP contribution in [0.5, 0.6) is 0 Å². The number of piperazine rings is 1. The summed E-state index contributed by atoms with van der Waals surface area (Å²) in [6.07, 6.45) is 0. The second kappa shape index (κ2) is 8.02. The van der Waals surface area contributed by atoms with Crippen molar-refractivity contribution in [3.63, 3.8) is 0 Å². The molecule has 0 saturated carbocycles. The van der Waals surface area contributed by atoms with Crippen LogP contribution in [0.2, 0.25) is 0 Å². The average Bonchev–Trinajstić information content (AvgIpc) is 2.65. The summed E-state index contributed by atoms with van der Waals surface area (Å²) in [6, 6.07) is 21.5. The van der Waals surface area contributed by atoms with E-state index in [1.54, 1.807) is 13.8 Å². The van der Waals surface area contributed by atoms with E-state index in [1.165, 1.54) is 11.1 Å². The predicted octanol–water partition coefficient (Wildman–Crippen LogP) is 3.50. The number of rotatable bonds is 6. The maximum atomic E-state index is 11.4. The third kappa shape index (κ3) is 4.32. The summed E-state index contributed by atoms with van der Waals surface area (Å²) in [5.41, 5.74) is 1.90. The summed E-state index contributed by atoms with van der Waals surface area (Å²) < 4.78 is 0. The van der Waals surface area contributed by atoms with Crippen LogP contribution in [-0.2, 0) is 4.79 Å². The molecule has 1 aliphatic rings. The Balaban J connectivity index is 1.73. The van der Waals surface area contributed by atoms with Gasteiger partial charge in [-0.3, -0.25) is 14.6 Å². The van der Waals surface area contributed by atoms with Crippen LogP contribution in [0.1, 0.15) is 31.0 Å². The van der Waals surface area contributed by atoms with Crippen molar-refractivity contribution in [1.82, 2.24) is 9.80 Å². The SMILES string of the molecule is CC(C)(CN1CCN(C(c2ccccc2)c2ccccc2)CC1)C(=O)O. The molecule has 0 aromatic heterocycles. The van der Waals surface area contributed by atoms with Crippen LogP contribution in [0.25, 0.3) is 0 Å². The van der Waals surface area contributed by atoms with Gasteiger partial charge in [0.1, 0.15) is 0 Å². The molecular weight excluding hydrogens is 324 g/mol. The normalized spacial score (nSPS) is 16.7. The molecule has 0 aliphatic carbocycles. The molecule has 0 atom stereocenters. The molecule has 1 N–H and O–H groups in total. The lowest BCUT2D eigenvalue weighted by atomic mass is 9.92. The highest BCUT2D eigenvalue weighted by Crippen LogP contribution is 2.30. The number of carboxylic acid groups (broad SMARTS) is 1. The second-order valence-electron chi connectivity index (χ2n) is 7.73. The largest absolute Gasteiger partial charge is 0.481 e. The minimum atomic E-state index is -0.730. The zero-order chi connectivity index (χ0) is 18.6. The summed E-state index contributed by atoms with van der Waals surface area (Å²) >= 11 is 0. The Hall–Kier alpha value is -2.17. The lowest BCUT2D eigenvalue weighted by Crippen LogP contribution is -2.51. The van der Waals surface area contributed by atoms with E-state index in [2.05, 4.69) is 70.5 Å². The number of carboxylic acids is 1. The molecule has 2 aromatic carbocycles. The monoisotopic (exact) mass is 352 g/mol. The molecule has 0 spiro atoms. The number of hydrogen-bond acceptors (Lipinski definition) is 3. The van der Waals surface area contributed by atoms with Gasteiger partial charge in [0.15, 0.2) is 0 Å². The Morgan fingerprint density at radius 2 is 1.38 bits per heavy atom. The average molecular weight is 352 g/mol. The molecule has 138 valence electrons. The first-order valence-electron chi connectivity index (χ1n) is 9.27. The van der Waals surface area contributed by atoms with Gasteiger partial charge in [0.2, 0.25) is 0 Å². The van der Waals surface area contributed by atoms with Crippen molar-refractivity contribution in [3.05, 3.63) is 71.8 Å². The number of aliphatic carboxylic acids is 1. The van der Waals surface area contributed by atoms with E-state index < -0.39 is 11.4 Å². The highest BCUT2D eigenvalue weighted by atomic mass is 16.4. The molecule has 0 bridgehead atoms. The Labute approximate surface area is 156 Å². The molecule has 0 unspecified atom stereocenters. The van der Waals surface area contributed by atoms with E-state index in [1.807, 2.05) is 0 Å². The maximum Gasteiger partial charge on any atom is 0.310 e. The van der Waals surface area contributed by atoms with Crippen LogP contribution in [0.4, 0.5) is 0 Å². The molecule has 1 aliphatic heterocycles. The Kier molecular flexibility index (Phi) is 5.74. The van der Waals surface area contributed by atoms with Gasteiger partial charge in [-0.2, -0.15) is 0 Å². The van der Waals surface area contributed by atoms with E-state index >= 15 is 0 Å². The van der Waals surface area contributed by atoms with Crippen molar-refractivity contribution >= 4 is 5.97 Å². The second-order valence-corrected chi connectivity index (χ2v) is 7.73. The third-order valence-electron chi connectivity index (χ3n) is 5.20. The molecule has 1 heterocycles. The van der Waals surface area contributed by atoms with Crippen LogP contribution < -0.4 is 0 Å². The zero-order valence-corrected chi connectivity index (χ0v) is 15.6. The van der Waals surface area contributed by atoms with Gasteiger partial charge < -0.3 is 5.11 Å². The van der Waals surface area contributed by atoms with Crippen molar-refractivity contribution in [3.8, 4) is 0 Å². The molecule has 1 fully saturated rings. The molecule has 0 amide bonds. The standard InChI is InChI=1S/C22H28N2O2/c1-22(2,21(25)26)17-23-13-15-24(16-14-23)20(18-9-5-3-6-10-18)19-11-7-4-8-12-19/h3-12,20H,13-17H2,1-2H3,(H,25,26). The summed E-state index contributed by atoms with van der Waals surface area (Å²) in [5, 5.41) is 9.37. The number of nitrogens with zero attached hydrogens (tertiary/aromatic N) is 2. The van der Waals surface area contributed by atoms with Gasteiger partial charge >= 0.3 is 5.97 Å². The van der Waals surface area contributed by atoms with Crippen LogP contribution in [0.15, 0.2) is 60.7 Å². The van der Waals surface area contributed by atoms with Gasteiger partial charge in [-0.05, 0) is 25.0 Å². The maximum absolute atomic E-state index is 11.4. The fourth-order valence-electron chi connectivity index (χ4n) is 3.69. The number of carbonyl (C=O) groups is 1. The first-order chi connectivity index (χ1) is 12.5. The Morgan fingerprint density at radius 3 is 1.81 bits per heavy atom. The van der Waals surface area contributed by atoms with Crippen molar-refractivity contribution < 1.29 is 9.90 Å². The number of benzene rings is 2. The zero-order valence-electron chi connectivity index (χ0n) is 15.6. The fraction of sp³-hybridized carbons (Fsp3) is 0.409. The smallest absolute Gasteiger partial charge is 0.310 e. The summed E-state index contributed by atoms with van der Waals surface area (Å²) in [6.45, 7) is 7.86. The van der Waals surface area contributed by atoms with Crippen LogP contribution in [-0.4, -0.2) is 53.6 Å². The van der Waals surface area contributed by atoms with Gasteiger partial charge in [-0.25, -0.2) is 0 Å². The van der Waals surface area contributed by atoms with Crippen LogP contribution in [0.3, 0.4) is 0 Å². The van der Waals surface area contributed by atoms with Gasteiger partial charge in [-0.15, -0.1) is 0 Å². The van der Waals surface area contributed by atoms with Crippen molar-refractivity contribution in [2.45, 2.75) is 19.9 Å². The molecule has 26 heavy (non-hydrogen) atoms. The van der Waals surface area contributed by atoms with Gasteiger partial charge in [0, 0.05) is 32.7 Å². The molecule has 4 heteroatoms.